The number of imidazole rings is 1. The molecule has 146 valence electrons. The highest BCUT2D eigenvalue weighted by Crippen LogP contribution is 2.55. The van der Waals surface area contributed by atoms with Gasteiger partial charge in [-0.2, -0.15) is 10.1 Å². The number of methoxy groups -OCH3 is 2. The summed E-state index contributed by atoms with van der Waals surface area (Å²) in [4.78, 5) is 17.2. The first kappa shape index (κ1) is 17.8. The summed E-state index contributed by atoms with van der Waals surface area (Å²) in [5.74, 6) is 1.11. The van der Waals surface area contributed by atoms with Gasteiger partial charge in [0.1, 0.15) is 5.15 Å². The zero-order valence-corrected chi connectivity index (χ0v) is 16.5. The van der Waals surface area contributed by atoms with E-state index in [1.807, 2.05) is 30.6 Å². The Morgan fingerprint density at radius 2 is 1.97 bits per heavy atom. The smallest absolute Gasteiger partial charge is 0.319 e. The summed E-state index contributed by atoms with van der Waals surface area (Å²) in [6, 6.07) is 6.15. The van der Waals surface area contributed by atoms with Gasteiger partial charge in [-0.3, -0.25) is 0 Å². The Bertz CT molecular complexity index is 1190. The lowest BCUT2D eigenvalue weighted by atomic mass is 10.1. The Morgan fingerprint density at radius 1 is 1.07 bits per heavy atom. The molecule has 2 atom stereocenters. The summed E-state index contributed by atoms with van der Waals surface area (Å²) in [5, 5.41) is 5.17. The zero-order valence-electron chi connectivity index (χ0n) is 15.8. The number of halogens is 1. The van der Waals surface area contributed by atoms with Gasteiger partial charge < -0.3 is 9.47 Å². The third kappa shape index (κ3) is 3.15. The molecule has 0 aliphatic heterocycles. The van der Waals surface area contributed by atoms with Gasteiger partial charge in [0.05, 0.1) is 25.5 Å². The van der Waals surface area contributed by atoms with E-state index in [0.29, 0.717) is 34.1 Å². The fraction of sp³-hybridized carbons (Fsp3) is 0.250. The monoisotopic (exact) mass is 408 g/mol. The van der Waals surface area contributed by atoms with Gasteiger partial charge in [0.15, 0.2) is 5.65 Å². The molecule has 0 spiro atoms. The fourth-order valence-corrected chi connectivity index (χ4v) is 3.75. The number of nitrogens with zero attached hydrogens (tertiary/aromatic N) is 6. The second-order valence-corrected chi connectivity index (χ2v) is 7.21. The first-order valence-electron chi connectivity index (χ1n) is 9.09. The average Bonchev–Trinajstić information content (AvgIpc) is 3.41. The maximum atomic E-state index is 5.93. The topological polar surface area (TPSA) is 87.3 Å². The second-order valence-electron chi connectivity index (χ2n) is 6.82. The molecule has 1 aliphatic carbocycles. The van der Waals surface area contributed by atoms with Crippen LogP contribution in [0.1, 0.15) is 29.4 Å². The third-order valence-corrected chi connectivity index (χ3v) is 5.36. The largest absolute Gasteiger partial charge is 0.480 e. The van der Waals surface area contributed by atoms with Gasteiger partial charge in [-0.05, 0) is 36.0 Å². The number of fused-ring (bicyclic) bond motifs is 1. The van der Waals surface area contributed by atoms with E-state index in [0.717, 1.165) is 17.6 Å². The van der Waals surface area contributed by atoms with Crippen molar-refractivity contribution in [3.05, 3.63) is 59.3 Å². The van der Waals surface area contributed by atoms with Crippen LogP contribution in [0.5, 0.6) is 11.9 Å². The molecule has 29 heavy (non-hydrogen) atoms. The first-order valence-corrected chi connectivity index (χ1v) is 9.47. The SMILES string of the molecule is COc1ncc(-c2cc([C@H]3C[C@@H]3c3ccc(Cl)nc3)c3nccn3n2)c(OC)n1. The van der Waals surface area contributed by atoms with Crippen LogP contribution in [-0.2, 0) is 0 Å². The first-order chi connectivity index (χ1) is 14.2. The van der Waals surface area contributed by atoms with Crippen molar-refractivity contribution in [2.75, 3.05) is 14.2 Å². The Morgan fingerprint density at radius 3 is 2.72 bits per heavy atom. The van der Waals surface area contributed by atoms with Gasteiger partial charge in [-0.15, -0.1) is 0 Å². The molecule has 0 N–H and O–H groups in total. The fourth-order valence-electron chi connectivity index (χ4n) is 3.64. The zero-order chi connectivity index (χ0) is 20.0. The Kier molecular flexibility index (Phi) is 4.28. The second kappa shape index (κ2) is 6.97. The van der Waals surface area contributed by atoms with Crippen molar-refractivity contribution in [1.82, 2.24) is 29.5 Å². The van der Waals surface area contributed by atoms with Crippen LogP contribution < -0.4 is 9.47 Å². The molecule has 8 nitrogen and oxygen atoms in total. The molecular formula is C20H17ClN6O2. The lowest BCUT2D eigenvalue weighted by Crippen LogP contribution is -2.02. The number of hydrogen-bond donors (Lipinski definition) is 0. The van der Waals surface area contributed by atoms with Crippen LogP contribution in [0.3, 0.4) is 0 Å². The molecule has 1 saturated carbocycles. The highest BCUT2D eigenvalue weighted by atomic mass is 35.5. The van der Waals surface area contributed by atoms with E-state index < -0.39 is 0 Å². The van der Waals surface area contributed by atoms with Gasteiger partial charge in [0, 0.05) is 30.4 Å². The van der Waals surface area contributed by atoms with E-state index in [1.165, 1.54) is 12.7 Å². The number of aromatic nitrogens is 6. The molecule has 4 aromatic rings. The van der Waals surface area contributed by atoms with Gasteiger partial charge in [-0.1, -0.05) is 17.7 Å². The molecule has 9 heteroatoms. The summed E-state index contributed by atoms with van der Waals surface area (Å²) >= 11 is 5.93. The molecule has 1 fully saturated rings. The minimum atomic E-state index is 0.243. The van der Waals surface area contributed by atoms with Crippen LogP contribution in [0.15, 0.2) is 43.0 Å². The molecule has 0 amide bonds. The minimum Gasteiger partial charge on any atom is -0.480 e. The predicted octanol–water partition coefficient (Wildman–Crippen LogP) is 3.52. The minimum absolute atomic E-state index is 0.243. The standard InChI is InChI=1S/C20H17ClN6O2/c1-28-19-15(10-24-20(25-19)29-2)16-8-14(18-22-5-6-27(18)26-16)13-7-12(13)11-3-4-17(21)23-9-11/h3-6,8-10,12-13H,7H2,1-2H3/t12-,13+/m1/s1. The van der Waals surface area contributed by atoms with Gasteiger partial charge in [0.2, 0.25) is 5.88 Å². The van der Waals surface area contributed by atoms with Crippen LogP contribution >= 0.6 is 11.6 Å². The van der Waals surface area contributed by atoms with E-state index in [2.05, 4.69) is 25.0 Å². The average molecular weight is 409 g/mol. The molecule has 1 aliphatic rings. The summed E-state index contributed by atoms with van der Waals surface area (Å²) in [7, 11) is 3.08. The van der Waals surface area contributed by atoms with Crippen molar-refractivity contribution in [3.8, 4) is 23.1 Å². The Hall–Kier alpha value is -3.26. The Labute approximate surface area is 171 Å². The van der Waals surface area contributed by atoms with E-state index in [1.54, 1.807) is 24.0 Å². The third-order valence-electron chi connectivity index (χ3n) is 5.14. The van der Waals surface area contributed by atoms with Crippen LogP contribution in [0, 0.1) is 0 Å². The van der Waals surface area contributed by atoms with E-state index in [9.17, 15) is 0 Å². The number of hydrogen-bond acceptors (Lipinski definition) is 7. The Balaban J connectivity index is 1.58. The van der Waals surface area contributed by atoms with E-state index in [-0.39, 0.29) is 6.01 Å². The normalized spacial score (nSPS) is 18.0. The summed E-state index contributed by atoms with van der Waals surface area (Å²) in [6.45, 7) is 0. The van der Waals surface area contributed by atoms with Crippen LogP contribution in [-0.4, -0.2) is 43.8 Å². The van der Waals surface area contributed by atoms with Crippen molar-refractivity contribution in [1.29, 1.82) is 0 Å². The van der Waals surface area contributed by atoms with Crippen molar-refractivity contribution in [2.24, 2.45) is 0 Å². The van der Waals surface area contributed by atoms with E-state index in [4.69, 9.17) is 21.1 Å². The summed E-state index contributed by atoms with van der Waals surface area (Å²) in [5.41, 5.74) is 4.54. The molecule has 4 heterocycles. The van der Waals surface area contributed by atoms with E-state index >= 15 is 0 Å². The van der Waals surface area contributed by atoms with Gasteiger partial charge in [-0.25, -0.2) is 19.5 Å². The van der Waals surface area contributed by atoms with Crippen LogP contribution in [0.2, 0.25) is 5.15 Å². The maximum absolute atomic E-state index is 5.93. The van der Waals surface area contributed by atoms with Crippen molar-refractivity contribution < 1.29 is 9.47 Å². The molecule has 0 aromatic carbocycles. The molecule has 0 unspecified atom stereocenters. The number of pyridine rings is 1. The maximum Gasteiger partial charge on any atom is 0.319 e. The molecule has 0 saturated heterocycles. The lowest BCUT2D eigenvalue weighted by Gasteiger charge is -2.10. The molecule has 0 radical (unpaired) electrons. The summed E-state index contributed by atoms with van der Waals surface area (Å²) in [6.07, 6.45) is 8.11. The van der Waals surface area contributed by atoms with Gasteiger partial charge in [0.25, 0.3) is 0 Å². The van der Waals surface area contributed by atoms with Crippen LogP contribution in [0.25, 0.3) is 16.9 Å². The lowest BCUT2D eigenvalue weighted by molar-refractivity contribution is 0.353. The van der Waals surface area contributed by atoms with Crippen molar-refractivity contribution in [2.45, 2.75) is 18.3 Å². The number of ether oxygens (including phenoxy) is 2. The molecular weight excluding hydrogens is 392 g/mol. The quantitative estimate of drug-likeness (QED) is 0.467. The molecule has 0 bridgehead atoms. The molecule has 4 aromatic heterocycles. The predicted molar refractivity (Wildman–Crippen MR) is 106 cm³/mol. The summed E-state index contributed by atoms with van der Waals surface area (Å²) < 4.78 is 12.3. The highest BCUT2D eigenvalue weighted by molar-refractivity contribution is 6.29. The van der Waals surface area contributed by atoms with Crippen molar-refractivity contribution >= 4 is 17.2 Å². The van der Waals surface area contributed by atoms with Crippen molar-refractivity contribution in [3.63, 3.8) is 0 Å². The highest BCUT2D eigenvalue weighted by Gasteiger charge is 2.41. The van der Waals surface area contributed by atoms with Crippen LogP contribution in [0.4, 0.5) is 0 Å². The number of rotatable bonds is 5. The molecule has 5 rings (SSSR count). The van der Waals surface area contributed by atoms with Gasteiger partial charge >= 0.3 is 6.01 Å².